The zero-order valence-electron chi connectivity index (χ0n) is 14.8. The number of aliphatic hydroxyl groups excluding tert-OH is 2. The molecule has 0 bridgehead atoms. The number of hydrogen-bond donors (Lipinski definition) is 3. The zero-order valence-corrected chi connectivity index (χ0v) is 14.8. The fourth-order valence-corrected chi connectivity index (χ4v) is 2.28. The van der Waals surface area contributed by atoms with Gasteiger partial charge in [0.1, 0.15) is 6.61 Å². The van der Waals surface area contributed by atoms with Crippen LogP contribution in [0.15, 0.2) is 24.3 Å². The molecule has 0 radical (unpaired) electrons. The van der Waals surface area contributed by atoms with Crippen molar-refractivity contribution in [2.75, 3.05) is 46.2 Å². The van der Waals surface area contributed by atoms with Crippen molar-refractivity contribution in [3.05, 3.63) is 35.4 Å². The Bertz CT molecular complexity index is 562. The van der Waals surface area contributed by atoms with E-state index in [1.54, 1.807) is 6.07 Å². The molecule has 0 amide bonds. The number of ether oxygens (including phenoxy) is 3. The van der Waals surface area contributed by atoms with Crippen molar-refractivity contribution in [3.63, 3.8) is 0 Å². The van der Waals surface area contributed by atoms with E-state index >= 15 is 0 Å². The quantitative estimate of drug-likeness (QED) is 0.347. The van der Waals surface area contributed by atoms with E-state index in [1.165, 1.54) is 18.2 Å². The molecule has 0 unspecified atom stereocenters. The summed E-state index contributed by atoms with van der Waals surface area (Å²) >= 11 is 0. The fourth-order valence-electron chi connectivity index (χ4n) is 2.28. The number of carbonyl (C=O) groups is 2. The van der Waals surface area contributed by atoms with E-state index in [0.29, 0.717) is 6.42 Å². The molecule has 0 spiro atoms. The van der Waals surface area contributed by atoms with Crippen LogP contribution in [-0.2, 0) is 14.2 Å². The molecular weight excluding hydrogens is 344 g/mol. The first kappa shape index (κ1) is 22.0. The third-order valence-electron chi connectivity index (χ3n) is 3.92. The van der Waals surface area contributed by atoms with E-state index in [1.807, 2.05) is 6.92 Å². The molecule has 146 valence electrons. The smallest absolute Gasteiger partial charge is 0.339 e. The summed E-state index contributed by atoms with van der Waals surface area (Å²) in [6, 6.07) is 5.82. The number of esters is 1. The van der Waals surface area contributed by atoms with Crippen LogP contribution in [0.4, 0.5) is 0 Å². The summed E-state index contributed by atoms with van der Waals surface area (Å²) in [5.74, 6) is -1.96. The second-order valence-corrected chi connectivity index (χ2v) is 5.83. The van der Waals surface area contributed by atoms with Crippen molar-refractivity contribution in [1.82, 2.24) is 0 Å². The highest BCUT2D eigenvalue weighted by Crippen LogP contribution is 2.25. The molecule has 0 aromatic heterocycles. The van der Waals surface area contributed by atoms with E-state index in [2.05, 4.69) is 0 Å². The Labute approximate surface area is 152 Å². The molecule has 0 saturated heterocycles. The number of carbonyl (C=O) groups excluding carboxylic acids is 1. The van der Waals surface area contributed by atoms with Gasteiger partial charge < -0.3 is 29.5 Å². The third kappa shape index (κ3) is 6.72. The van der Waals surface area contributed by atoms with Crippen molar-refractivity contribution in [3.8, 4) is 0 Å². The van der Waals surface area contributed by atoms with Gasteiger partial charge in [-0.25, -0.2) is 9.59 Å². The van der Waals surface area contributed by atoms with Crippen LogP contribution < -0.4 is 0 Å². The van der Waals surface area contributed by atoms with E-state index in [9.17, 15) is 14.7 Å². The van der Waals surface area contributed by atoms with Crippen molar-refractivity contribution >= 4 is 11.9 Å². The Hall–Kier alpha value is -2.00. The van der Waals surface area contributed by atoms with Crippen LogP contribution in [0, 0.1) is 5.41 Å². The summed E-state index contributed by atoms with van der Waals surface area (Å²) < 4.78 is 16.1. The van der Waals surface area contributed by atoms with Gasteiger partial charge >= 0.3 is 11.9 Å². The molecule has 26 heavy (non-hydrogen) atoms. The molecule has 8 nitrogen and oxygen atoms in total. The topological polar surface area (TPSA) is 123 Å². The predicted molar refractivity (Wildman–Crippen MR) is 92.2 cm³/mol. The average Bonchev–Trinajstić information content (AvgIpc) is 2.65. The number of aliphatic hydroxyl groups is 2. The second-order valence-electron chi connectivity index (χ2n) is 5.83. The summed E-state index contributed by atoms with van der Waals surface area (Å²) in [6.07, 6.45) is 0.553. The highest BCUT2D eigenvalue weighted by Gasteiger charge is 2.32. The minimum atomic E-state index is -1.21. The normalized spacial score (nSPS) is 11.3. The predicted octanol–water partition coefficient (Wildman–Crippen LogP) is 0.956. The number of aromatic carboxylic acids is 1. The maximum absolute atomic E-state index is 12.3. The lowest BCUT2D eigenvalue weighted by Crippen LogP contribution is -2.38. The zero-order chi connectivity index (χ0) is 19.4. The van der Waals surface area contributed by atoms with E-state index < -0.39 is 17.4 Å². The minimum absolute atomic E-state index is 0.0300. The molecule has 0 aliphatic heterocycles. The minimum Gasteiger partial charge on any atom is -0.478 e. The first-order chi connectivity index (χ1) is 12.5. The van der Waals surface area contributed by atoms with Crippen molar-refractivity contribution in [1.29, 1.82) is 0 Å². The molecule has 1 aromatic carbocycles. The van der Waals surface area contributed by atoms with Gasteiger partial charge in [-0.3, -0.25) is 0 Å². The van der Waals surface area contributed by atoms with Gasteiger partial charge in [-0.1, -0.05) is 19.1 Å². The summed E-state index contributed by atoms with van der Waals surface area (Å²) in [5.41, 5.74) is -0.830. The second kappa shape index (κ2) is 11.6. The van der Waals surface area contributed by atoms with Gasteiger partial charge in [0, 0.05) is 0 Å². The maximum atomic E-state index is 12.3. The van der Waals surface area contributed by atoms with Gasteiger partial charge in [0.25, 0.3) is 0 Å². The number of hydrogen-bond acceptors (Lipinski definition) is 7. The number of benzene rings is 1. The van der Waals surface area contributed by atoms with E-state index in [-0.39, 0.29) is 57.4 Å². The van der Waals surface area contributed by atoms with Crippen LogP contribution in [0.5, 0.6) is 0 Å². The molecule has 1 rings (SSSR count). The molecule has 0 fully saturated rings. The van der Waals surface area contributed by atoms with Crippen molar-refractivity contribution in [2.45, 2.75) is 13.3 Å². The Morgan fingerprint density at radius 3 is 1.96 bits per heavy atom. The largest absolute Gasteiger partial charge is 0.478 e. The van der Waals surface area contributed by atoms with Crippen molar-refractivity contribution < 1.29 is 39.1 Å². The first-order valence-electron chi connectivity index (χ1n) is 8.36. The lowest BCUT2D eigenvalue weighted by molar-refractivity contribution is -0.0679. The van der Waals surface area contributed by atoms with Gasteiger partial charge in [0.05, 0.1) is 56.2 Å². The molecule has 0 aliphatic rings. The van der Waals surface area contributed by atoms with Gasteiger partial charge in [0.2, 0.25) is 0 Å². The van der Waals surface area contributed by atoms with E-state index in [0.717, 1.165) is 0 Å². The lowest BCUT2D eigenvalue weighted by atomic mass is 9.88. The van der Waals surface area contributed by atoms with Gasteiger partial charge in [-0.05, 0) is 18.6 Å². The van der Waals surface area contributed by atoms with Crippen molar-refractivity contribution in [2.24, 2.45) is 5.41 Å². The van der Waals surface area contributed by atoms with Crippen LogP contribution >= 0.6 is 0 Å². The van der Waals surface area contributed by atoms with Crippen LogP contribution in [-0.4, -0.2) is 73.5 Å². The average molecular weight is 370 g/mol. The number of rotatable bonds is 13. The Morgan fingerprint density at radius 1 is 0.962 bits per heavy atom. The molecular formula is C18H26O8. The molecule has 0 aliphatic carbocycles. The summed E-state index contributed by atoms with van der Waals surface area (Å²) in [4.78, 5) is 23.6. The maximum Gasteiger partial charge on any atom is 0.339 e. The van der Waals surface area contributed by atoms with E-state index in [4.69, 9.17) is 24.4 Å². The van der Waals surface area contributed by atoms with Crippen LogP contribution in [0.1, 0.15) is 34.1 Å². The van der Waals surface area contributed by atoms with Gasteiger partial charge in [-0.15, -0.1) is 0 Å². The fraction of sp³-hybridized carbons (Fsp3) is 0.556. The first-order valence-corrected chi connectivity index (χ1v) is 8.36. The Kier molecular flexibility index (Phi) is 9.82. The molecule has 0 atom stereocenters. The van der Waals surface area contributed by atoms with Crippen LogP contribution in [0.2, 0.25) is 0 Å². The summed E-state index contributed by atoms with van der Waals surface area (Å²) in [7, 11) is 0. The SMILES string of the molecule is CCC(COCCO)(COCCO)COC(=O)c1ccccc1C(=O)O. The highest BCUT2D eigenvalue weighted by molar-refractivity contribution is 6.02. The molecule has 0 saturated carbocycles. The monoisotopic (exact) mass is 370 g/mol. The number of carboxylic acid groups (broad SMARTS) is 1. The molecule has 1 aromatic rings. The van der Waals surface area contributed by atoms with Crippen LogP contribution in [0.25, 0.3) is 0 Å². The highest BCUT2D eigenvalue weighted by atomic mass is 16.5. The number of carboxylic acids is 1. The Morgan fingerprint density at radius 2 is 1.50 bits per heavy atom. The molecule has 8 heteroatoms. The Balaban J connectivity index is 2.83. The van der Waals surface area contributed by atoms with Gasteiger partial charge in [0.15, 0.2) is 0 Å². The van der Waals surface area contributed by atoms with Crippen LogP contribution in [0.3, 0.4) is 0 Å². The van der Waals surface area contributed by atoms with Gasteiger partial charge in [-0.2, -0.15) is 0 Å². The molecule has 0 heterocycles. The summed E-state index contributed by atoms with van der Waals surface area (Å²) in [5, 5.41) is 26.9. The summed E-state index contributed by atoms with van der Waals surface area (Å²) in [6.45, 7) is 2.20. The standard InChI is InChI=1S/C18H26O8/c1-2-18(11-24-9-7-19,12-25-10-8-20)13-26-17(23)15-6-4-3-5-14(15)16(21)22/h3-6,19-20H,2,7-13H2,1H3,(H,21,22). The third-order valence-corrected chi connectivity index (χ3v) is 3.92. The molecule has 3 N–H and O–H groups in total. The lowest BCUT2D eigenvalue weighted by Gasteiger charge is -2.31.